The van der Waals surface area contributed by atoms with Crippen molar-refractivity contribution in [3.8, 4) is 0 Å². The Labute approximate surface area is 43.9 Å². The molecule has 0 aromatic carbocycles. The molecular weight excluding hydrogens is 48.0 g/mol. The first kappa shape index (κ1) is 0.735. The fourth-order valence-corrected chi connectivity index (χ4v) is 0. The molecule has 0 atom stereocenters. The van der Waals surface area contributed by atoms with Crippen LogP contribution in [0, 0.1) is 0 Å². The normalized spacial score (nSPS) is 17.0. The van der Waals surface area contributed by atoms with Gasteiger partial charge in [0.1, 0.15) is 0 Å². The highest BCUT2D eigenvalue weighted by Gasteiger charge is -0.0746. The Morgan fingerprint density at radius 2 is 1.50 bits per heavy atom. The lowest BCUT2D eigenvalue weighted by Crippen LogP contribution is 0.143. The van der Waals surface area contributed by atoms with Gasteiger partial charge in [-0.15, -0.1) is 0 Å². The summed E-state index contributed by atoms with van der Waals surface area (Å²) in [5, 5.41) is 0. The monoisotopic (exact) mass is 86.2 g/mol. The molecule has 0 bridgehead atoms. The fourth-order valence-electron chi connectivity index (χ4n) is 0. The second-order valence-electron chi connectivity index (χ2n) is 0. The Bertz CT molecular complexity index is 16.3. The Morgan fingerprint density at radius 1 is 1.50 bits per heavy atom. The molecule has 36 valence electrons. The number of rotatable bonds is 0. The van der Waals surface area contributed by atoms with E-state index in [1.54, 1.807) is 0 Å². The molecule has 0 aromatic rings. The molecule has 0 spiro atoms. The van der Waals surface area contributed by atoms with E-state index in [-0.39, 0.29) is 31.0 Å². The average Bonchev–Trinajstić information content (AvgIpc) is 1.96. The minimum absolute atomic E-state index is 0. The average molecular weight is 86.3 g/mol. The van der Waals surface area contributed by atoms with Crippen LogP contribution in [0.1, 0.15) is 42.2 Å². The second-order valence-corrected chi connectivity index (χ2v) is 0. The minimum Gasteiger partial charge on any atom is -0.0776 e. The highest BCUT2D eigenvalue weighted by molar-refractivity contribution is 2.51. The molecule has 0 aliphatic rings. The summed E-state index contributed by atoms with van der Waals surface area (Å²) in [6.45, 7) is 0. The zero-order chi connectivity index (χ0) is 10.1. The standard InChI is InChI=1S/4CH4.2H2/h4*1H4;2*1H/i3*1T2;;1+2T;1+2. The first-order valence-corrected chi connectivity index (χ1v) is 0. The lowest BCUT2D eigenvalue weighted by molar-refractivity contribution is 2.50. The van der Waals surface area contributed by atoms with Gasteiger partial charge in [0, 0.05) is 12.6 Å². The van der Waals surface area contributed by atoms with Crippen molar-refractivity contribution in [2.75, 3.05) is 0 Å². The maximum Gasteiger partial charge on any atom is 0.0194 e. The van der Waals surface area contributed by atoms with Crippen molar-refractivity contribution in [1.82, 2.24) is 0 Å². The molecular formula is C4H20. The third-order valence-corrected chi connectivity index (χ3v) is 0. The van der Waals surface area contributed by atoms with Crippen LogP contribution in [0.15, 0.2) is 0 Å². The summed E-state index contributed by atoms with van der Waals surface area (Å²) in [5.41, 5.74) is 0. The van der Waals surface area contributed by atoms with Gasteiger partial charge in [0.25, 0.3) is 0 Å². The molecule has 0 radical (unpaired) electrons. The van der Waals surface area contributed by atoms with Gasteiger partial charge in [-0.3, -0.25) is 0 Å². The van der Waals surface area contributed by atoms with Crippen LogP contribution in [-0.4, -0.2) is 0 Å². The summed E-state index contributed by atoms with van der Waals surface area (Å²) in [5.74, 6) is 0. The Hall–Kier alpha value is 0. The number of hydrogen-bond donors (Lipinski definition) is 0. The molecule has 0 saturated heterocycles. The van der Waals surface area contributed by atoms with Gasteiger partial charge >= 0.3 is 0 Å². The number of hydrogen-bond acceptors (Lipinski definition) is 0. The van der Waals surface area contributed by atoms with Gasteiger partial charge in [0.05, 0.1) is 0 Å². The van der Waals surface area contributed by atoms with Crippen molar-refractivity contribution in [2.24, 2.45) is 0 Å². The first-order valence-electron chi connectivity index (χ1n) is 5.24. The van der Waals surface area contributed by atoms with Crippen LogP contribution in [0.4, 0.5) is 0 Å². The largest absolute Gasteiger partial charge is 0.0776 e. The molecule has 0 amide bonds. The fraction of sp³-hybridized carbons (Fsp3) is 1.00. The molecule has 0 aromatic heterocycles. The van der Waals surface area contributed by atoms with Crippen molar-refractivity contribution >= 4 is 0 Å². The molecule has 0 aliphatic heterocycles. The predicted molar refractivity (Wildman–Crippen MR) is 31.2 cm³/mol. The highest BCUT2D eigenvalue weighted by Crippen LogP contribution is 0.147. The van der Waals surface area contributed by atoms with Crippen LogP contribution in [0.5, 0.6) is 0 Å². The van der Waals surface area contributed by atoms with Crippen molar-refractivity contribution in [1.29, 1.82) is 0 Å². The molecule has 0 unspecified atom stereocenters. The topological polar surface area (TPSA) is 0 Å². The van der Waals surface area contributed by atoms with E-state index in [4.69, 9.17) is 11.2 Å². The molecule has 0 fully saturated rings. The lowest BCUT2D eigenvalue weighted by Gasteiger charge is -0.0786. The van der Waals surface area contributed by atoms with E-state index in [1.165, 1.54) is 0 Å². The van der Waals surface area contributed by atoms with E-state index in [0.717, 1.165) is 0 Å². The maximum atomic E-state index is 5.88. The zero-order valence-corrected chi connectivity index (χ0v) is 2.12. The summed E-state index contributed by atoms with van der Waals surface area (Å²) in [7, 11) is -0.750. The molecule has 0 saturated carbocycles. The van der Waals surface area contributed by atoms with Crippen LogP contribution in [0.2, 0.25) is 0 Å². The molecule has 0 heterocycles. The second kappa shape index (κ2) is 0. The van der Waals surface area contributed by atoms with E-state index in [1.807, 2.05) is 0 Å². The van der Waals surface area contributed by atoms with E-state index in [2.05, 4.69) is 0 Å². The van der Waals surface area contributed by atoms with E-state index in [9.17, 15) is 0 Å². The van der Waals surface area contributed by atoms with Crippen molar-refractivity contribution < 1.29 is 12.6 Å². The SMILES string of the molecule is C.[3HH].[3H]C[3H].[3H]C[3H].[3H]C[3H].[3H][3H]. The molecule has 0 rings (SSSR count). The third-order valence-electron chi connectivity index (χ3n) is 0. The molecule has 0 N–H and O–H groups in total. The molecule has 4 heavy (non-hydrogen) atoms. The summed E-state index contributed by atoms with van der Waals surface area (Å²) in [4.78, 5) is 0. The molecule has 0 nitrogen and oxygen atoms in total. The van der Waals surface area contributed by atoms with Crippen LogP contribution >= 0.6 is 0 Å². The molecule has 0 heteroatoms. The van der Waals surface area contributed by atoms with E-state index < -0.39 is 0 Å². The van der Waals surface area contributed by atoms with Gasteiger partial charge in [-0.1, -0.05) is 29.6 Å². The summed E-state index contributed by atoms with van der Waals surface area (Å²) in [6.07, 6.45) is 0. The smallest absolute Gasteiger partial charge is 0.0194 e. The van der Waals surface area contributed by atoms with Crippen molar-refractivity contribution in [2.45, 2.75) is 29.6 Å². The van der Waals surface area contributed by atoms with Gasteiger partial charge in [0.2, 0.25) is 0 Å². The quantitative estimate of drug-likeness (QED) is 0.425. The van der Waals surface area contributed by atoms with E-state index in [0.29, 0.717) is 0 Å². The van der Waals surface area contributed by atoms with Crippen LogP contribution < -0.4 is 0 Å². The van der Waals surface area contributed by atoms with E-state index >= 15 is 0 Å². The lowest BCUT2D eigenvalue weighted by atomic mass is 12.0. The first-order chi connectivity index (χ1) is 5.24. The van der Waals surface area contributed by atoms with Gasteiger partial charge in [0.15, 0.2) is 0 Å². The highest BCUT2D eigenvalue weighted by atomic mass is 12.0. The van der Waals surface area contributed by atoms with Crippen molar-refractivity contribution in [3.63, 3.8) is 0 Å². The Morgan fingerprint density at radius 3 is 1.50 bits per heavy atom. The third kappa shape index (κ3) is 0. The van der Waals surface area contributed by atoms with Gasteiger partial charge in [-0.05, 0) is 0 Å². The van der Waals surface area contributed by atoms with Crippen LogP contribution in [-0.2, 0) is 0 Å². The summed E-state index contributed by atoms with van der Waals surface area (Å²) in [6, 6.07) is 0. The minimum atomic E-state index is -0.250. The summed E-state index contributed by atoms with van der Waals surface area (Å²) >= 11 is 0. The zero-order valence-electron chi connectivity index (χ0n) is 10.1. The van der Waals surface area contributed by atoms with Crippen LogP contribution in [0.25, 0.3) is 0 Å². The maximum absolute atomic E-state index is 5.88. The van der Waals surface area contributed by atoms with Gasteiger partial charge < -0.3 is 0 Å². The Kier molecular flexibility index (Phi) is 0. The summed E-state index contributed by atoms with van der Waals surface area (Å²) < 4.78 is 45.2. The van der Waals surface area contributed by atoms with Crippen molar-refractivity contribution in [3.05, 3.63) is 0 Å². The Balaban J connectivity index is -0.0000000121. The predicted octanol–water partition coefficient (Wildman–Crippen LogP) is 3.04. The van der Waals surface area contributed by atoms with Gasteiger partial charge in [-0.25, -0.2) is 0 Å². The molecule has 0 aliphatic carbocycles. The van der Waals surface area contributed by atoms with Gasteiger partial charge in [-0.2, -0.15) is 0 Å². The van der Waals surface area contributed by atoms with Crippen LogP contribution in [0.3, 0.4) is 0 Å².